The normalized spacial score (nSPS) is 12.1. The van der Waals surface area contributed by atoms with Crippen LogP contribution in [0.25, 0.3) is 0 Å². The molecule has 0 aliphatic carbocycles. The van der Waals surface area contributed by atoms with E-state index in [0.29, 0.717) is 26.1 Å². The fraction of sp³-hybridized carbons (Fsp3) is 0.867. The Morgan fingerprint density at radius 1 is 0.490 bits per heavy atom. The average Bonchev–Trinajstić information content (AvgIpc) is 3.14. The van der Waals surface area contributed by atoms with Crippen LogP contribution in [0.3, 0.4) is 0 Å². The van der Waals surface area contributed by atoms with Crippen LogP contribution in [0.1, 0.15) is 214 Å². The van der Waals surface area contributed by atoms with Crippen LogP contribution < -0.4 is 0 Å². The molecule has 51 heavy (non-hydrogen) atoms. The number of carbonyl (C=O) groups excluding carboxylic acids is 2. The lowest BCUT2D eigenvalue weighted by atomic mass is 9.84. The van der Waals surface area contributed by atoms with Gasteiger partial charge in [0.1, 0.15) is 13.2 Å². The molecule has 0 aromatic rings. The third kappa shape index (κ3) is 32.7. The van der Waals surface area contributed by atoms with Crippen LogP contribution in [-0.2, 0) is 28.5 Å². The Hall–Kier alpha value is -1.66. The molecule has 0 unspecified atom stereocenters. The summed E-state index contributed by atoms with van der Waals surface area (Å²) >= 11 is 0. The van der Waals surface area contributed by atoms with Crippen molar-refractivity contribution in [2.24, 2.45) is 5.41 Å². The largest absolute Gasteiger partial charge is 0.465 e. The Bertz CT molecular complexity index is 800. The van der Waals surface area contributed by atoms with Crippen molar-refractivity contribution in [2.45, 2.75) is 221 Å². The molecule has 300 valence electrons. The monoisotopic (exact) mass is 721 g/mol. The first-order valence-electron chi connectivity index (χ1n) is 21.8. The highest BCUT2D eigenvalue weighted by Crippen LogP contribution is 2.28. The molecule has 6 nitrogen and oxygen atoms in total. The standard InChI is InChI=1S/C45H84O6/c1-6-11-14-17-20-21-22-23-24-25-26-27-28-29-32-35-42(46)50-40-45(9-4,10-5)41-51-43(47)36-37-44(48-38-33-30-18-15-12-7-2)49-39-34-31-19-16-13-8-3/h20-21,23-24,44H,6-19,22,25-41H2,1-5H3/b21-20-,24-23-. The minimum atomic E-state index is -0.374. The minimum Gasteiger partial charge on any atom is -0.465 e. The van der Waals surface area contributed by atoms with Gasteiger partial charge in [-0.25, -0.2) is 0 Å². The summed E-state index contributed by atoms with van der Waals surface area (Å²) in [7, 11) is 0. The summed E-state index contributed by atoms with van der Waals surface area (Å²) in [6.07, 6.45) is 38.8. The fourth-order valence-electron chi connectivity index (χ4n) is 6.04. The topological polar surface area (TPSA) is 71.1 Å². The van der Waals surface area contributed by atoms with Crippen LogP contribution in [-0.4, -0.2) is 44.7 Å². The van der Waals surface area contributed by atoms with E-state index in [1.54, 1.807) is 0 Å². The SMILES string of the molecule is CCCCC/C=C\C/C=C\CCCCCCCC(=O)OCC(CC)(CC)COC(=O)CCC(OCCCCCCCC)OCCCCCCCC. The number of hydrogen-bond acceptors (Lipinski definition) is 6. The lowest BCUT2D eigenvalue weighted by molar-refractivity contribution is -0.163. The van der Waals surface area contributed by atoms with Gasteiger partial charge in [0.25, 0.3) is 0 Å². The Morgan fingerprint density at radius 3 is 1.41 bits per heavy atom. The highest BCUT2D eigenvalue weighted by atomic mass is 16.7. The van der Waals surface area contributed by atoms with E-state index in [9.17, 15) is 9.59 Å². The second-order valence-corrected chi connectivity index (χ2v) is 14.8. The molecular formula is C45H84O6. The van der Waals surface area contributed by atoms with Gasteiger partial charge in [-0.3, -0.25) is 9.59 Å². The van der Waals surface area contributed by atoms with E-state index in [0.717, 1.165) is 57.8 Å². The molecule has 0 saturated carbocycles. The molecule has 0 aromatic carbocycles. The fourth-order valence-corrected chi connectivity index (χ4v) is 6.04. The van der Waals surface area contributed by atoms with E-state index in [2.05, 4.69) is 58.9 Å². The van der Waals surface area contributed by atoms with Crippen molar-refractivity contribution in [2.75, 3.05) is 26.4 Å². The molecule has 0 fully saturated rings. The maximum absolute atomic E-state index is 12.8. The van der Waals surface area contributed by atoms with E-state index in [1.165, 1.54) is 103 Å². The van der Waals surface area contributed by atoms with Crippen molar-refractivity contribution < 1.29 is 28.5 Å². The third-order valence-corrected chi connectivity index (χ3v) is 10.1. The molecular weight excluding hydrogens is 636 g/mol. The van der Waals surface area contributed by atoms with Crippen LogP contribution >= 0.6 is 0 Å². The molecule has 0 aromatic heterocycles. The predicted octanol–water partition coefficient (Wildman–Crippen LogP) is 13.6. The summed E-state index contributed by atoms with van der Waals surface area (Å²) < 4.78 is 23.7. The lowest BCUT2D eigenvalue weighted by Gasteiger charge is -2.30. The molecule has 0 aliphatic rings. The number of rotatable bonds is 39. The molecule has 0 bridgehead atoms. The van der Waals surface area contributed by atoms with Crippen molar-refractivity contribution in [3.63, 3.8) is 0 Å². The van der Waals surface area contributed by atoms with Crippen molar-refractivity contribution in [1.82, 2.24) is 0 Å². The first kappa shape index (κ1) is 49.3. The lowest BCUT2D eigenvalue weighted by Crippen LogP contribution is -2.33. The van der Waals surface area contributed by atoms with Gasteiger partial charge in [-0.05, 0) is 64.2 Å². The summed E-state index contributed by atoms with van der Waals surface area (Å²) in [6, 6.07) is 0. The summed E-state index contributed by atoms with van der Waals surface area (Å²) in [5.74, 6) is -0.389. The van der Waals surface area contributed by atoms with Gasteiger partial charge in [0, 0.05) is 31.5 Å². The predicted molar refractivity (Wildman–Crippen MR) is 216 cm³/mol. The number of esters is 2. The van der Waals surface area contributed by atoms with E-state index >= 15 is 0 Å². The zero-order chi connectivity index (χ0) is 37.5. The van der Waals surface area contributed by atoms with E-state index < -0.39 is 0 Å². The number of ether oxygens (including phenoxy) is 4. The van der Waals surface area contributed by atoms with Crippen LogP contribution in [0.5, 0.6) is 0 Å². The zero-order valence-corrected chi connectivity index (χ0v) is 34.5. The van der Waals surface area contributed by atoms with Crippen molar-refractivity contribution >= 4 is 11.9 Å². The van der Waals surface area contributed by atoms with Crippen molar-refractivity contribution in [1.29, 1.82) is 0 Å². The van der Waals surface area contributed by atoms with Crippen LogP contribution in [0.15, 0.2) is 24.3 Å². The molecule has 0 radical (unpaired) electrons. The Morgan fingerprint density at radius 2 is 0.902 bits per heavy atom. The first-order valence-corrected chi connectivity index (χ1v) is 21.8. The average molecular weight is 721 g/mol. The number of hydrogen-bond donors (Lipinski definition) is 0. The molecule has 0 aliphatic heterocycles. The van der Waals surface area contributed by atoms with Crippen molar-refractivity contribution in [3.8, 4) is 0 Å². The maximum atomic E-state index is 12.8. The van der Waals surface area contributed by atoms with Gasteiger partial charge in [-0.15, -0.1) is 0 Å². The Balaban J connectivity index is 4.36. The quantitative estimate of drug-likeness (QED) is 0.0272. The smallest absolute Gasteiger partial charge is 0.305 e. The van der Waals surface area contributed by atoms with E-state index in [-0.39, 0.29) is 43.3 Å². The molecule has 0 heterocycles. The highest BCUT2D eigenvalue weighted by molar-refractivity contribution is 5.69. The van der Waals surface area contributed by atoms with Crippen molar-refractivity contribution in [3.05, 3.63) is 24.3 Å². The second kappa shape index (κ2) is 38.1. The summed E-state index contributed by atoms with van der Waals surface area (Å²) in [5, 5.41) is 0. The second-order valence-electron chi connectivity index (χ2n) is 14.8. The molecule has 0 amide bonds. The number of carbonyl (C=O) groups is 2. The Labute approximate surface area is 316 Å². The van der Waals surface area contributed by atoms with Crippen LogP contribution in [0.4, 0.5) is 0 Å². The van der Waals surface area contributed by atoms with Gasteiger partial charge in [-0.2, -0.15) is 0 Å². The van der Waals surface area contributed by atoms with Crippen LogP contribution in [0.2, 0.25) is 0 Å². The zero-order valence-electron chi connectivity index (χ0n) is 34.5. The minimum absolute atomic E-state index is 0.147. The maximum Gasteiger partial charge on any atom is 0.305 e. The van der Waals surface area contributed by atoms with Gasteiger partial charge in [0.05, 0.1) is 6.42 Å². The molecule has 0 rings (SSSR count). The van der Waals surface area contributed by atoms with Gasteiger partial charge >= 0.3 is 11.9 Å². The van der Waals surface area contributed by atoms with Gasteiger partial charge in [-0.1, -0.05) is 155 Å². The van der Waals surface area contributed by atoms with Gasteiger partial charge < -0.3 is 18.9 Å². The summed E-state index contributed by atoms with van der Waals surface area (Å²) in [6.45, 7) is 12.7. The molecule has 0 atom stereocenters. The molecule has 0 N–H and O–H groups in total. The summed E-state index contributed by atoms with van der Waals surface area (Å²) in [4.78, 5) is 25.4. The van der Waals surface area contributed by atoms with Crippen LogP contribution in [0, 0.1) is 5.41 Å². The molecule has 0 saturated heterocycles. The number of unbranched alkanes of at least 4 members (excludes halogenated alkanes) is 18. The van der Waals surface area contributed by atoms with E-state index in [1.807, 2.05) is 0 Å². The molecule has 0 spiro atoms. The highest BCUT2D eigenvalue weighted by Gasteiger charge is 2.30. The first-order chi connectivity index (χ1) is 25.0. The third-order valence-electron chi connectivity index (χ3n) is 10.1. The summed E-state index contributed by atoms with van der Waals surface area (Å²) in [5.41, 5.74) is -0.356. The molecule has 6 heteroatoms. The van der Waals surface area contributed by atoms with E-state index in [4.69, 9.17) is 18.9 Å². The number of allylic oxidation sites excluding steroid dienone is 4. The van der Waals surface area contributed by atoms with Gasteiger partial charge in [0.15, 0.2) is 6.29 Å². The Kier molecular flexibility index (Phi) is 36.8. The van der Waals surface area contributed by atoms with Gasteiger partial charge in [0.2, 0.25) is 0 Å².